The Labute approximate surface area is 197 Å². The Morgan fingerprint density at radius 1 is 0.500 bits per heavy atom. The van der Waals surface area contributed by atoms with Gasteiger partial charge in [0.25, 0.3) is 0 Å². The van der Waals surface area contributed by atoms with Crippen LogP contribution in [0.3, 0.4) is 0 Å². The van der Waals surface area contributed by atoms with Crippen molar-refractivity contribution in [1.29, 1.82) is 0 Å². The lowest BCUT2D eigenvalue weighted by Crippen LogP contribution is -2.02. The van der Waals surface area contributed by atoms with Crippen LogP contribution in [0.1, 0.15) is 43.0 Å². The molecule has 2 N–H and O–H groups in total. The average molecular weight is 442 g/mol. The van der Waals surface area contributed by atoms with Gasteiger partial charge in [0.05, 0.1) is 11.1 Å². The highest BCUT2D eigenvalue weighted by molar-refractivity contribution is 5.93. The summed E-state index contributed by atoms with van der Waals surface area (Å²) in [6.45, 7) is 0. The van der Waals surface area contributed by atoms with E-state index in [-0.39, 0.29) is 11.1 Å². The molecule has 0 bridgehead atoms. The molecule has 0 unspecified atom stereocenters. The van der Waals surface area contributed by atoms with Gasteiger partial charge in [0.2, 0.25) is 0 Å². The van der Waals surface area contributed by atoms with Crippen LogP contribution in [0.25, 0.3) is 11.1 Å². The zero-order valence-electron chi connectivity index (χ0n) is 17.9. The lowest BCUT2D eigenvalue weighted by molar-refractivity contribution is 0.0685. The Kier molecular flexibility index (Phi) is 6.54. The lowest BCUT2D eigenvalue weighted by atomic mass is 9.96. The molecule has 0 aromatic heterocycles. The molecule has 0 aliphatic rings. The van der Waals surface area contributed by atoms with Crippen molar-refractivity contribution < 1.29 is 19.8 Å². The number of hydrogen-bond donors (Lipinski definition) is 2. The van der Waals surface area contributed by atoms with Gasteiger partial charge in [0, 0.05) is 22.3 Å². The van der Waals surface area contributed by atoms with Crippen molar-refractivity contribution in [2.45, 2.75) is 0 Å². The molecule has 0 aliphatic carbocycles. The smallest absolute Gasteiger partial charge is 0.336 e. The zero-order valence-corrected chi connectivity index (χ0v) is 17.9. The maximum Gasteiger partial charge on any atom is 0.336 e. The van der Waals surface area contributed by atoms with E-state index in [2.05, 4.69) is 23.7 Å². The lowest BCUT2D eigenvalue weighted by Gasteiger charge is -2.08. The third-order valence-electron chi connectivity index (χ3n) is 5.06. The van der Waals surface area contributed by atoms with Gasteiger partial charge in [0.1, 0.15) is 0 Å². The third-order valence-corrected chi connectivity index (χ3v) is 5.06. The first kappa shape index (κ1) is 22.1. The molecule has 4 rings (SSSR count). The molecule has 0 radical (unpaired) electrons. The molecule has 4 nitrogen and oxygen atoms in total. The predicted molar refractivity (Wildman–Crippen MR) is 131 cm³/mol. The highest BCUT2D eigenvalue weighted by Crippen LogP contribution is 2.25. The van der Waals surface area contributed by atoms with Crippen LogP contribution in [0.2, 0.25) is 0 Å². The molecule has 4 aromatic carbocycles. The molecule has 0 atom stereocenters. The molecule has 34 heavy (non-hydrogen) atoms. The zero-order chi connectivity index (χ0) is 23.9. The van der Waals surface area contributed by atoms with Gasteiger partial charge in [-0.1, -0.05) is 72.2 Å². The number of carboxylic acids is 2. The minimum atomic E-state index is -1.07. The number of benzene rings is 4. The number of carboxylic acid groups (broad SMARTS) is 2. The second-order valence-electron chi connectivity index (χ2n) is 7.36. The van der Waals surface area contributed by atoms with Crippen molar-refractivity contribution >= 4 is 11.9 Å². The van der Waals surface area contributed by atoms with Crippen LogP contribution in [0.15, 0.2) is 97.1 Å². The van der Waals surface area contributed by atoms with E-state index in [4.69, 9.17) is 0 Å². The topological polar surface area (TPSA) is 74.6 Å². The second-order valence-corrected chi connectivity index (χ2v) is 7.36. The summed E-state index contributed by atoms with van der Waals surface area (Å²) in [7, 11) is 0. The quantitative estimate of drug-likeness (QED) is 0.408. The molecule has 0 spiro atoms. The van der Waals surface area contributed by atoms with Gasteiger partial charge >= 0.3 is 11.9 Å². The van der Waals surface area contributed by atoms with Crippen molar-refractivity contribution in [3.05, 3.63) is 130 Å². The Morgan fingerprint density at radius 3 is 1.24 bits per heavy atom. The normalized spacial score (nSPS) is 9.76. The van der Waals surface area contributed by atoms with Gasteiger partial charge in [-0.3, -0.25) is 0 Å². The first-order valence-corrected chi connectivity index (χ1v) is 10.4. The summed E-state index contributed by atoms with van der Waals surface area (Å²) in [5.41, 5.74) is 3.89. The minimum absolute atomic E-state index is 0.0958. The van der Waals surface area contributed by atoms with Gasteiger partial charge in [-0.25, -0.2) is 9.59 Å². The number of carbonyl (C=O) groups is 2. The molecular formula is C30H18O4. The fourth-order valence-corrected chi connectivity index (χ4v) is 3.35. The summed E-state index contributed by atoms with van der Waals surface area (Å²) in [6, 6.07) is 28.4. The first-order chi connectivity index (χ1) is 16.5. The van der Waals surface area contributed by atoms with E-state index in [9.17, 15) is 19.8 Å². The molecule has 0 saturated heterocycles. The van der Waals surface area contributed by atoms with E-state index in [0.29, 0.717) is 22.3 Å². The van der Waals surface area contributed by atoms with Crippen molar-refractivity contribution in [3.63, 3.8) is 0 Å². The Bertz CT molecular complexity index is 1380. The summed E-state index contributed by atoms with van der Waals surface area (Å²) < 4.78 is 0. The maximum absolute atomic E-state index is 11.7. The van der Waals surface area contributed by atoms with Crippen molar-refractivity contribution in [1.82, 2.24) is 0 Å². The fraction of sp³-hybridized carbons (Fsp3) is 0. The fourth-order valence-electron chi connectivity index (χ4n) is 3.35. The van der Waals surface area contributed by atoms with Crippen LogP contribution < -0.4 is 0 Å². The highest BCUT2D eigenvalue weighted by Gasteiger charge is 2.13. The average Bonchev–Trinajstić information content (AvgIpc) is 2.87. The second kappa shape index (κ2) is 10.0. The number of aromatic carboxylic acids is 2. The van der Waals surface area contributed by atoms with Crippen LogP contribution >= 0.6 is 0 Å². The molecular weight excluding hydrogens is 424 g/mol. The molecule has 4 heteroatoms. The van der Waals surface area contributed by atoms with Gasteiger partial charge in [-0.05, 0) is 59.7 Å². The van der Waals surface area contributed by atoms with Gasteiger partial charge in [-0.15, -0.1) is 0 Å². The molecule has 0 aliphatic heterocycles. The van der Waals surface area contributed by atoms with E-state index in [1.54, 1.807) is 24.3 Å². The Morgan fingerprint density at radius 2 is 0.882 bits per heavy atom. The van der Waals surface area contributed by atoms with Gasteiger partial charge in [-0.2, -0.15) is 0 Å². The van der Waals surface area contributed by atoms with Gasteiger partial charge in [0.15, 0.2) is 0 Å². The van der Waals surface area contributed by atoms with Gasteiger partial charge < -0.3 is 10.2 Å². The first-order valence-electron chi connectivity index (χ1n) is 10.4. The van der Waals surface area contributed by atoms with Crippen molar-refractivity contribution in [3.8, 4) is 34.8 Å². The standard InChI is InChI=1S/C30H18O4/c31-29(32)27-17-15-23(19-25(27)13-11-21-7-3-1-4-8-21)24-16-18-28(30(33)34)26(20-24)14-12-22-9-5-2-6-10-22/h1-10,15-20H,(H,31,32)(H,33,34). The highest BCUT2D eigenvalue weighted by atomic mass is 16.4. The van der Waals surface area contributed by atoms with Crippen LogP contribution in [0.5, 0.6) is 0 Å². The van der Waals surface area contributed by atoms with E-state index >= 15 is 0 Å². The van der Waals surface area contributed by atoms with Crippen LogP contribution in [0.4, 0.5) is 0 Å². The van der Waals surface area contributed by atoms with E-state index in [1.807, 2.05) is 60.7 Å². The van der Waals surface area contributed by atoms with Crippen molar-refractivity contribution in [2.24, 2.45) is 0 Å². The summed E-state index contributed by atoms with van der Waals surface area (Å²) in [5.74, 6) is 9.77. The molecule has 162 valence electrons. The molecule has 4 aromatic rings. The molecule has 0 heterocycles. The Hall–Kier alpha value is -5.06. The van der Waals surface area contributed by atoms with E-state index in [0.717, 1.165) is 11.1 Å². The summed E-state index contributed by atoms with van der Waals surface area (Å²) >= 11 is 0. The monoisotopic (exact) mass is 442 g/mol. The molecule has 0 fully saturated rings. The number of hydrogen-bond acceptors (Lipinski definition) is 2. The largest absolute Gasteiger partial charge is 0.478 e. The molecule has 0 saturated carbocycles. The van der Waals surface area contributed by atoms with Crippen LogP contribution in [-0.4, -0.2) is 22.2 Å². The SMILES string of the molecule is O=C(O)c1ccc(-c2ccc(C(=O)O)c(C#Cc3ccccc3)c2)cc1C#Cc1ccccc1. The predicted octanol–water partition coefficient (Wildman–Crippen LogP) is 5.55. The summed E-state index contributed by atoms with van der Waals surface area (Å²) in [4.78, 5) is 23.4. The minimum Gasteiger partial charge on any atom is -0.478 e. The van der Waals surface area contributed by atoms with E-state index < -0.39 is 11.9 Å². The summed E-state index contributed by atoms with van der Waals surface area (Å²) in [6.07, 6.45) is 0. The third kappa shape index (κ3) is 5.22. The molecule has 0 amide bonds. The summed E-state index contributed by atoms with van der Waals surface area (Å²) in [5, 5.41) is 19.2. The van der Waals surface area contributed by atoms with E-state index in [1.165, 1.54) is 12.1 Å². The van der Waals surface area contributed by atoms with Crippen LogP contribution in [0, 0.1) is 23.7 Å². The maximum atomic E-state index is 11.7. The number of rotatable bonds is 3. The van der Waals surface area contributed by atoms with Crippen LogP contribution in [-0.2, 0) is 0 Å². The van der Waals surface area contributed by atoms with Crippen molar-refractivity contribution in [2.75, 3.05) is 0 Å². The Balaban J connectivity index is 1.78.